The Morgan fingerprint density at radius 3 is 2.85 bits per heavy atom. The average molecular weight is 360 g/mol. The number of unbranched alkanes of at least 4 members (excludes halogenated alkanes) is 1. The summed E-state index contributed by atoms with van der Waals surface area (Å²) >= 11 is 0. The summed E-state index contributed by atoms with van der Waals surface area (Å²) < 4.78 is 0. The fourth-order valence-corrected chi connectivity index (χ4v) is 4.31. The van der Waals surface area contributed by atoms with Crippen LogP contribution in [0.3, 0.4) is 0 Å². The molecule has 4 nitrogen and oxygen atoms in total. The number of fused-ring (bicyclic) bond motifs is 1. The molecule has 0 aromatic heterocycles. The highest BCUT2D eigenvalue weighted by molar-refractivity contribution is 5.66. The summed E-state index contributed by atoms with van der Waals surface area (Å²) in [6.07, 6.45) is 10.4. The molecule has 0 aromatic rings. The number of carboxylic acid groups (broad SMARTS) is 1. The molecular weight excluding hydrogens is 328 g/mol. The number of hydrogen-bond donors (Lipinski definition) is 3. The number of aliphatic carboxylic acids is 1. The predicted molar refractivity (Wildman–Crippen MR) is 102 cm³/mol. The third-order valence-corrected chi connectivity index (χ3v) is 5.85. The maximum Gasteiger partial charge on any atom is 0.303 e. The molecule has 2 saturated carbocycles. The second kappa shape index (κ2) is 9.94. The zero-order valence-corrected chi connectivity index (χ0v) is 15.9. The van der Waals surface area contributed by atoms with E-state index in [2.05, 4.69) is 17.9 Å². The van der Waals surface area contributed by atoms with Gasteiger partial charge in [-0.3, -0.25) is 4.79 Å². The van der Waals surface area contributed by atoms with Crippen molar-refractivity contribution < 1.29 is 20.1 Å². The van der Waals surface area contributed by atoms with Gasteiger partial charge >= 0.3 is 5.97 Å². The molecule has 3 N–H and O–H groups in total. The van der Waals surface area contributed by atoms with E-state index >= 15 is 0 Å². The summed E-state index contributed by atoms with van der Waals surface area (Å²) in [5.74, 6) is 6.25. The molecule has 0 aromatic carbocycles. The van der Waals surface area contributed by atoms with Gasteiger partial charge in [0.05, 0.1) is 12.2 Å². The minimum absolute atomic E-state index is 0.0845. The molecule has 0 bridgehead atoms. The van der Waals surface area contributed by atoms with E-state index in [0.717, 1.165) is 25.7 Å². The maximum absolute atomic E-state index is 10.6. The molecule has 144 valence electrons. The van der Waals surface area contributed by atoms with Crippen molar-refractivity contribution in [1.29, 1.82) is 0 Å². The molecule has 2 rings (SSSR count). The summed E-state index contributed by atoms with van der Waals surface area (Å²) in [4.78, 5) is 10.6. The van der Waals surface area contributed by atoms with Crippen LogP contribution in [-0.2, 0) is 4.79 Å². The van der Waals surface area contributed by atoms with Crippen LogP contribution in [-0.4, -0.2) is 33.5 Å². The van der Waals surface area contributed by atoms with Crippen molar-refractivity contribution >= 4 is 5.97 Å². The van der Waals surface area contributed by atoms with Crippen molar-refractivity contribution in [2.75, 3.05) is 0 Å². The van der Waals surface area contributed by atoms with E-state index in [1.165, 1.54) is 5.57 Å². The monoisotopic (exact) mass is 360 g/mol. The SMILES string of the molecule is CC#CC[C@@H](C)[C@@H](O)/C=C/[C@@H]1[C@@H]2C/C(=C\CCCC(=O)O)C[C@@H]2C[C@@H]1O. The number of rotatable bonds is 8. The van der Waals surface area contributed by atoms with Gasteiger partial charge in [-0.15, -0.1) is 11.8 Å². The van der Waals surface area contributed by atoms with E-state index in [-0.39, 0.29) is 24.4 Å². The van der Waals surface area contributed by atoms with Crippen molar-refractivity contribution in [3.05, 3.63) is 23.8 Å². The van der Waals surface area contributed by atoms with Crippen LogP contribution < -0.4 is 0 Å². The van der Waals surface area contributed by atoms with Crippen LogP contribution in [0.2, 0.25) is 0 Å². The molecule has 0 radical (unpaired) electrons. The first kappa shape index (κ1) is 20.7. The standard InChI is InChI=1S/C22H32O4/c1-3-4-7-15(2)20(23)11-10-18-19-13-16(8-5-6-9-22(25)26)12-17(19)14-21(18)24/h8,10-11,15,17-21,23-24H,5-7,9,12-14H2,1-2H3,(H,25,26)/b11-10+,16-8-/t15-,17-,18-,19-,20+,21+/m1/s1. The van der Waals surface area contributed by atoms with Crippen LogP contribution in [0.1, 0.15) is 58.8 Å². The van der Waals surface area contributed by atoms with Gasteiger partial charge in [-0.05, 0) is 56.8 Å². The molecule has 0 unspecified atom stereocenters. The molecular formula is C22H32O4. The zero-order chi connectivity index (χ0) is 19.1. The molecule has 0 heterocycles. The van der Waals surface area contributed by atoms with E-state index in [9.17, 15) is 15.0 Å². The highest BCUT2D eigenvalue weighted by Gasteiger charge is 2.44. The zero-order valence-electron chi connectivity index (χ0n) is 15.9. The number of aliphatic hydroxyl groups is 2. The van der Waals surface area contributed by atoms with Crippen molar-refractivity contribution in [3.63, 3.8) is 0 Å². The fourth-order valence-electron chi connectivity index (χ4n) is 4.31. The maximum atomic E-state index is 10.6. The lowest BCUT2D eigenvalue weighted by molar-refractivity contribution is -0.137. The Labute approximate surface area is 157 Å². The largest absolute Gasteiger partial charge is 0.481 e. The number of carboxylic acids is 1. The molecule has 0 spiro atoms. The summed E-state index contributed by atoms with van der Waals surface area (Å²) in [5.41, 5.74) is 1.41. The first-order chi connectivity index (χ1) is 12.4. The molecule has 4 heteroatoms. The molecule has 2 aliphatic carbocycles. The Bertz CT molecular complexity index is 595. The van der Waals surface area contributed by atoms with Gasteiger partial charge in [-0.25, -0.2) is 0 Å². The molecule has 2 fully saturated rings. The second-order valence-corrected chi connectivity index (χ2v) is 7.84. The number of carbonyl (C=O) groups is 1. The first-order valence-electron chi connectivity index (χ1n) is 9.76. The smallest absolute Gasteiger partial charge is 0.303 e. The van der Waals surface area contributed by atoms with Crippen LogP contribution in [0.25, 0.3) is 0 Å². The van der Waals surface area contributed by atoms with Gasteiger partial charge in [0, 0.05) is 18.8 Å². The van der Waals surface area contributed by atoms with Gasteiger partial charge in [-0.1, -0.05) is 30.7 Å². The minimum Gasteiger partial charge on any atom is -0.481 e. The van der Waals surface area contributed by atoms with Gasteiger partial charge in [0.25, 0.3) is 0 Å². The quantitative estimate of drug-likeness (QED) is 0.351. The van der Waals surface area contributed by atoms with Gasteiger partial charge in [0.2, 0.25) is 0 Å². The van der Waals surface area contributed by atoms with Crippen LogP contribution in [0.5, 0.6) is 0 Å². The molecule has 0 aliphatic heterocycles. The van der Waals surface area contributed by atoms with Gasteiger partial charge in [0.1, 0.15) is 0 Å². The van der Waals surface area contributed by atoms with Gasteiger partial charge in [0.15, 0.2) is 0 Å². The normalized spacial score (nSPS) is 31.6. The number of aliphatic hydroxyl groups excluding tert-OH is 2. The molecule has 26 heavy (non-hydrogen) atoms. The Hall–Kier alpha value is -1.57. The van der Waals surface area contributed by atoms with E-state index in [1.54, 1.807) is 6.92 Å². The lowest BCUT2D eigenvalue weighted by atomic mass is 9.89. The number of allylic oxidation sites excluding steroid dienone is 2. The summed E-state index contributed by atoms with van der Waals surface area (Å²) in [6, 6.07) is 0. The van der Waals surface area contributed by atoms with Crippen LogP contribution >= 0.6 is 0 Å². The molecule has 0 amide bonds. The van der Waals surface area contributed by atoms with Gasteiger partial charge < -0.3 is 15.3 Å². The molecule has 6 atom stereocenters. The predicted octanol–water partition coefficient (Wildman–Crippen LogP) is 3.54. The van der Waals surface area contributed by atoms with E-state index in [4.69, 9.17) is 5.11 Å². The van der Waals surface area contributed by atoms with E-state index in [1.807, 2.05) is 19.1 Å². The summed E-state index contributed by atoms with van der Waals surface area (Å²) in [7, 11) is 0. The Morgan fingerprint density at radius 2 is 2.15 bits per heavy atom. The Kier molecular flexibility index (Phi) is 7.93. The highest BCUT2D eigenvalue weighted by Crippen LogP contribution is 2.50. The molecule has 0 saturated heterocycles. The topological polar surface area (TPSA) is 77.8 Å². The van der Waals surface area contributed by atoms with Crippen molar-refractivity contribution in [2.24, 2.45) is 23.7 Å². The average Bonchev–Trinajstić information content (AvgIpc) is 3.10. The van der Waals surface area contributed by atoms with Crippen molar-refractivity contribution in [1.82, 2.24) is 0 Å². The van der Waals surface area contributed by atoms with Crippen LogP contribution in [0.4, 0.5) is 0 Å². The first-order valence-corrected chi connectivity index (χ1v) is 9.76. The minimum atomic E-state index is -0.738. The van der Waals surface area contributed by atoms with Crippen LogP contribution in [0, 0.1) is 35.5 Å². The second-order valence-electron chi connectivity index (χ2n) is 7.84. The van der Waals surface area contributed by atoms with E-state index in [0.29, 0.717) is 24.7 Å². The van der Waals surface area contributed by atoms with Gasteiger partial charge in [-0.2, -0.15) is 0 Å². The third-order valence-electron chi connectivity index (χ3n) is 5.85. The van der Waals surface area contributed by atoms with Crippen molar-refractivity contribution in [3.8, 4) is 11.8 Å². The lowest BCUT2D eigenvalue weighted by Crippen LogP contribution is -2.19. The lowest BCUT2D eigenvalue weighted by Gasteiger charge is -2.19. The van der Waals surface area contributed by atoms with Crippen molar-refractivity contribution in [2.45, 2.75) is 71.0 Å². The fraction of sp³-hybridized carbons (Fsp3) is 0.682. The third kappa shape index (κ3) is 5.72. The van der Waals surface area contributed by atoms with Crippen LogP contribution in [0.15, 0.2) is 23.8 Å². The Morgan fingerprint density at radius 1 is 1.38 bits per heavy atom. The van der Waals surface area contributed by atoms with E-state index < -0.39 is 12.1 Å². The summed E-state index contributed by atoms with van der Waals surface area (Å²) in [5, 5.41) is 29.4. The highest BCUT2D eigenvalue weighted by atomic mass is 16.4. The number of hydrogen-bond acceptors (Lipinski definition) is 3. The Balaban J connectivity index is 1.89. The summed E-state index contributed by atoms with van der Waals surface area (Å²) in [6.45, 7) is 3.79. The molecule has 2 aliphatic rings.